The lowest BCUT2D eigenvalue weighted by Gasteiger charge is -2.20. The molecule has 0 aliphatic heterocycles. The molecule has 0 aromatic rings. The van der Waals surface area contributed by atoms with Gasteiger partial charge in [0.2, 0.25) is 0 Å². The van der Waals surface area contributed by atoms with Gasteiger partial charge in [0.05, 0.1) is 13.2 Å². The van der Waals surface area contributed by atoms with Gasteiger partial charge in [-0.1, -0.05) is 167 Å². The first kappa shape index (κ1) is 55.5. The van der Waals surface area contributed by atoms with Gasteiger partial charge in [-0.05, 0) is 78.3 Å². The number of unbranched alkanes of at least 4 members (excludes halogenated alkanes) is 26. The van der Waals surface area contributed by atoms with Gasteiger partial charge in [0.15, 0.2) is 6.10 Å². The van der Waals surface area contributed by atoms with Gasteiger partial charge in [0.1, 0.15) is 6.61 Å². The molecule has 0 aliphatic carbocycles. The van der Waals surface area contributed by atoms with E-state index in [0.717, 1.165) is 57.8 Å². The van der Waals surface area contributed by atoms with Crippen LogP contribution in [0.1, 0.15) is 219 Å². The fourth-order valence-corrected chi connectivity index (χ4v) is 7.30. The van der Waals surface area contributed by atoms with E-state index in [4.69, 9.17) is 18.5 Å². The first-order valence-electron chi connectivity index (χ1n) is 23.6. The van der Waals surface area contributed by atoms with Crippen molar-refractivity contribution in [1.82, 2.24) is 4.90 Å². The Balaban J connectivity index is 4.23. The van der Waals surface area contributed by atoms with Crippen LogP contribution in [0.25, 0.3) is 0 Å². The van der Waals surface area contributed by atoms with Crippen molar-refractivity contribution >= 4 is 19.8 Å². The number of allylic oxidation sites excluding steroid dienone is 4. The van der Waals surface area contributed by atoms with Crippen molar-refractivity contribution in [3.63, 3.8) is 0 Å². The van der Waals surface area contributed by atoms with E-state index < -0.39 is 26.5 Å². The molecule has 0 heterocycles. The van der Waals surface area contributed by atoms with Gasteiger partial charge in [-0.3, -0.25) is 18.6 Å². The van der Waals surface area contributed by atoms with Crippen LogP contribution >= 0.6 is 7.82 Å². The lowest BCUT2D eigenvalue weighted by molar-refractivity contribution is -0.161. The maximum Gasteiger partial charge on any atom is 0.472 e. The van der Waals surface area contributed by atoms with Gasteiger partial charge in [-0.15, -0.1) is 0 Å². The van der Waals surface area contributed by atoms with E-state index in [1.54, 1.807) is 0 Å². The van der Waals surface area contributed by atoms with Crippen LogP contribution in [-0.4, -0.2) is 68.3 Å². The molecule has 336 valence electrons. The van der Waals surface area contributed by atoms with E-state index in [1.165, 1.54) is 128 Å². The van der Waals surface area contributed by atoms with Crippen molar-refractivity contribution in [1.29, 1.82) is 0 Å². The minimum absolute atomic E-state index is 0.00711. The summed E-state index contributed by atoms with van der Waals surface area (Å²) in [4.78, 5) is 37.1. The number of esters is 2. The number of carbonyl (C=O) groups is 2. The lowest BCUT2D eigenvalue weighted by Crippen LogP contribution is -2.29. The van der Waals surface area contributed by atoms with Gasteiger partial charge in [-0.2, -0.15) is 0 Å². The topological polar surface area (TPSA) is 112 Å². The molecule has 0 fully saturated rings. The van der Waals surface area contributed by atoms with Crippen molar-refractivity contribution in [3.05, 3.63) is 24.3 Å². The van der Waals surface area contributed by atoms with Crippen LogP contribution in [0.5, 0.6) is 0 Å². The summed E-state index contributed by atoms with van der Waals surface area (Å²) in [6, 6.07) is 0. The third-order valence-electron chi connectivity index (χ3n) is 10.2. The Morgan fingerprint density at radius 2 is 0.895 bits per heavy atom. The van der Waals surface area contributed by atoms with Gasteiger partial charge in [-0.25, -0.2) is 4.57 Å². The summed E-state index contributed by atoms with van der Waals surface area (Å²) in [5.74, 6) is -0.807. The second-order valence-electron chi connectivity index (χ2n) is 16.3. The van der Waals surface area contributed by atoms with Gasteiger partial charge in [0, 0.05) is 19.4 Å². The van der Waals surface area contributed by atoms with E-state index in [0.29, 0.717) is 13.0 Å². The average molecular weight is 828 g/mol. The zero-order valence-electron chi connectivity index (χ0n) is 37.5. The molecule has 9 nitrogen and oxygen atoms in total. The summed E-state index contributed by atoms with van der Waals surface area (Å²) >= 11 is 0. The predicted octanol–water partition coefficient (Wildman–Crippen LogP) is 13.8. The van der Waals surface area contributed by atoms with Crippen molar-refractivity contribution in [2.75, 3.05) is 40.5 Å². The number of phosphoric acid groups is 1. The maximum absolute atomic E-state index is 12.7. The van der Waals surface area contributed by atoms with Gasteiger partial charge >= 0.3 is 19.8 Å². The van der Waals surface area contributed by atoms with Crippen LogP contribution in [0.3, 0.4) is 0 Å². The average Bonchev–Trinajstić information content (AvgIpc) is 3.18. The number of nitrogens with zero attached hydrogens (tertiary/aromatic N) is 1. The SMILES string of the molecule is CCCCCCCC/C=C\CCCCCCCCCCCC(=O)OC(COC(=O)CCCCCCC/C=C\CCCCCCCC)COP(=O)(O)OCCN(C)C. The molecule has 0 aromatic heterocycles. The molecule has 57 heavy (non-hydrogen) atoms. The second kappa shape index (κ2) is 42.6. The molecule has 0 amide bonds. The number of carbonyl (C=O) groups excluding carboxylic acids is 2. The van der Waals surface area contributed by atoms with Crippen molar-refractivity contribution in [3.8, 4) is 0 Å². The fraction of sp³-hybridized carbons (Fsp3) is 0.872. The molecule has 2 atom stereocenters. The molecule has 10 heteroatoms. The van der Waals surface area contributed by atoms with Crippen LogP contribution in [0.15, 0.2) is 24.3 Å². The van der Waals surface area contributed by atoms with Crippen LogP contribution in [0, 0.1) is 0 Å². The number of hydrogen-bond donors (Lipinski definition) is 1. The van der Waals surface area contributed by atoms with E-state index in [2.05, 4.69) is 38.2 Å². The third-order valence-corrected chi connectivity index (χ3v) is 11.2. The van der Waals surface area contributed by atoms with E-state index in [9.17, 15) is 19.0 Å². The minimum atomic E-state index is -4.36. The summed E-state index contributed by atoms with van der Waals surface area (Å²) in [6.45, 7) is 4.33. The molecule has 2 unspecified atom stereocenters. The smallest absolute Gasteiger partial charge is 0.462 e. The Kier molecular flexibility index (Phi) is 41.5. The summed E-state index contributed by atoms with van der Waals surface area (Å²) < 4.78 is 33.5. The maximum atomic E-state index is 12.7. The highest BCUT2D eigenvalue weighted by molar-refractivity contribution is 7.47. The van der Waals surface area contributed by atoms with E-state index in [1.807, 2.05) is 19.0 Å². The normalized spacial score (nSPS) is 13.5. The Hall–Kier alpha value is -1.51. The Labute approximate surface area is 351 Å². The van der Waals surface area contributed by atoms with Crippen molar-refractivity contribution < 1.29 is 37.6 Å². The number of likely N-dealkylation sites (N-methyl/N-ethyl adjacent to an activating group) is 1. The molecular formula is C47H90NO8P. The third kappa shape index (κ3) is 43.9. The zero-order chi connectivity index (χ0) is 41.9. The summed E-state index contributed by atoms with van der Waals surface area (Å²) in [6.07, 6.45) is 45.0. The van der Waals surface area contributed by atoms with Crippen LogP contribution in [-0.2, 0) is 32.7 Å². The van der Waals surface area contributed by atoms with Crippen molar-refractivity contribution in [2.45, 2.75) is 225 Å². The van der Waals surface area contributed by atoms with Gasteiger partial charge in [0.25, 0.3) is 0 Å². The Morgan fingerprint density at radius 1 is 0.526 bits per heavy atom. The van der Waals surface area contributed by atoms with Gasteiger partial charge < -0.3 is 19.3 Å². The quantitative estimate of drug-likeness (QED) is 0.0278. The standard InChI is InChI=1S/C47H90NO8P/c1-5-7-9-11-13-15-17-19-21-22-23-24-26-28-30-32-34-36-38-40-47(50)56-45(44-55-57(51,52)54-42-41-48(3)4)43-53-46(49)39-37-35-33-31-29-27-25-20-18-16-14-12-10-8-6-2/h19-21,25,45H,5-18,22-24,26-44H2,1-4H3,(H,51,52)/b21-19-,25-20-. The molecule has 0 spiro atoms. The second-order valence-corrected chi connectivity index (χ2v) is 17.7. The summed E-state index contributed by atoms with van der Waals surface area (Å²) in [5, 5.41) is 0. The van der Waals surface area contributed by atoms with E-state index in [-0.39, 0.29) is 32.0 Å². The minimum Gasteiger partial charge on any atom is -0.462 e. The molecule has 0 aromatic carbocycles. The Bertz CT molecular complexity index is 1000. The van der Waals surface area contributed by atoms with E-state index >= 15 is 0 Å². The fourth-order valence-electron chi connectivity index (χ4n) is 6.56. The van der Waals surface area contributed by atoms with Crippen molar-refractivity contribution in [2.24, 2.45) is 0 Å². The van der Waals surface area contributed by atoms with Crippen LogP contribution in [0.4, 0.5) is 0 Å². The Morgan fingerprint density at radius 3 is 1.30 bits per heavy atom. The highest BCUT2D eigenvalue weighted by atomic mass is 31.2. The molecule has 0 radical (unpaired) electrons. The number of hydrogen-bond acceptors (Lipinski definition) is 8. The first-order valence-corrected chi connectivity index (χ1v) is 25.1. The number of phosphoric ester groups is 1. The highest BCUT2D eigenvalue weighted by Gasteiger charge is 2.26. The molecule has 1 N–H and O–H groups in total. The van der Waals surface area contributed by atoms with Crippen LogP contribution < -0.4 is 0 Å². The molecular weight excluding hydrogens is 737 g/mol. The number of ether oxygens (including phenoxy) is 2. The molecule has 0 aliphatic rings. The number of rotatable bonds is 44. The molecule has 0 rings (SSSR count). The molecule has 0 saturated carbocycles. The van der Waals surface area contributed by atoms with Crippen LogP contribution in [0.2, 0.25) is 0 Å². The lowest BCUT2D eigenvalue weighted by atomic mass is 10.1. The monoisotopic (exact) mass is 828 g/mol. The summed E-state index contributed by atoms with van der Waals surface area (Å²) in [7, 11) is -0.711. The highest BCUT2D eigenvalue weighted by Crippen LogP contribution is 2.43. The summed E-state index contributed by atoms with van der Waals surface area (Å²) in [5.41, 5.74) is 0. The molecule has 0 bridgehead atoms. The first-order chi connectivity index (χ1) is 27.7. The molecule has 0 saturated heterocycles. The largest absolute Gasteiger partial charge is 0.472 e. The predicted molar refractivity (Wildman–Crippen MR) is 238 cm³/mol. The zero-order valence-corrected chi connectivity index (χ0v) is 38.4.